The van der Waals surface area contributed by atoms with Crippen LogP contribution in [-0.4, -0.2) is 44.7 Å². The topological polar surface area (TPSA) is 32.5 Å². The molecule has 0 amide bonds. The van der Waals surface area contributed by atoms with Gasteiger partial charge in [0, 0.05) is 24.1 Å². The van der Waals surface area contributed by atoms with Crippen molar-refractivity contribution < 1.29 is 0 Å². The molecule has 0 aromatic heterocycles. The number of benzene rings is 1. The van der Waals surface area contributed by atoms with Crippen molar-refractivity contribution in [1.82, 2.24) is 4.90 Å². The molecular weight excluding hydrogens is 302 g/mol. The summed E-state index contributed by atoms with van der Waals surface area (Å²) in [6.07, 6.45) is 3.50. The van der Waals surface area contributed by atoms with E-state index in [-0.39, 0.29) is 0 Å². The summed E-state index contributed by atoms with van der Waals surface area (Å²) in [6, 6.07) is 7.21. The van der Waals surface area contributed by atoms with Gasteiger partial charge in [0.1, 0.15) is 0 Å². The lowest BCUT2D eigenvalue weighted by atomic mass is 10.0. The van der Waals surface area contributed by atoms with Crippen LogP contribution in [0.3, 0.4) is 0 Å². The van der Waals surface area contributed by atoms with Crippen molar-refractivity contribution in [3.8, 4) is 0 Å². The first kappa shape index (κ1) is 14.8. The van der Waals surface area contributed by atoms with Gasteiger partial charge in [0.2, 0.25) is 0 Å². The number of hydrogen-bond donors (Lipinski definition) is 1. The summed E-state index contributed by atoms with van der Waals surface area (Å²) in [7, 11) is 4.41. The van der Waals surface area contributed by atoms with Gasteiger partial charge in [-0.2, -0.15) is 0 Å². The van der Waals surface area contributed by atoms with Crippen molar-refractivity contribution in [3.05, 3.63) is 28.2 Å². The van der Waals surface area contributed by atoms with Gasteiger partial charge in [-0.1, -0.05) is 6.07 Å². The van der Waals surface area contributed by atoms with E-state index in [0.717, 1.165) is 13.0 Å². The fraction of sp³-hybridized carbons (Fsp3) is 0.600. The zero-order valence-electron chi connectivity index (χ0n) is 11.9. The number of nitrogens with zero attached hydrogens (tertiary/aromatic N) is 2. The third-order valence-electron chi connectivity index (χ3n) is 3.97. The van der Waals surface area contributed by atoms with Crippen molar-refractivity contribution in [2.75, 3.05) is 38.6 Å². The van der Waals surface area contributed by atoms with Gasteiger partial charge in [0.15, 0.2) is 0 Å². The molecule has 1 heterocycles. The van der Waals surface area contributed by atoms with Gasteiger partial charge in [0.25, 0.3) is 0 Å². The molecule has 0 spiro atoms. The molecule has 1 aliphatic heterocycles. The van der Waals surface area contributed by atoms with Gasteiger partial charge in [-0.15, -0.1) is 0 Å². The maximum Gasteiger partial charge on any atom is 0.0511 e. The standard InChI is InChI=1S/C15H24BrN3/c1-18-9-3-4-13(11-18)19(2)15-6-5-12(7-8-17)10-14(15)16/h5-6,10,13H,3-4,7-9,11,17H2,1-2H3. The number of rotatable bonds is 4. The first-order chi connectivity index (χ1) is 9.11. The van der Waals surface area contributed by atoms with Crippen LogP contribution in [0.5, 0.6) is 0 Å². The van der Waals surface area contributed by atoms with Gasteiger partial charge in [0.05, 0.1) is 5.69 Å². The minimum Gasteiger partial charge on any atom is -0.369 e. The molecule has 3 nitrogen and oxygen atoms in total. The lowest BCUT2D eigenvalue weighted by Crippen LogP contribution is -2.45. The number of hydrogen-bond acceptors (Lipinski definition) is 3. The monoisotopic (exact) mass is 325 g/mol. The molecule has 19 heavy (non-hydrogen) atoms. The highest BCUT2D eigenvalue weighted by molar-refractivity contribution is 9.10. The summed E-state index contributed by atoms with van der Waals surface area (Å²) in [5.41, 5.74) is 8.19. The Morgan fingerprint density at radius 2 is 2.26 bits per heavy atom. The Morgan fingerprint density at radius 1 is 1.47 bits per heavy atom. The highest BCUT2D eigenvalue weighted by Gasteiger charge is 2.22. The second-order valence-electron chi connectivity index (χ2n) is 5.49. The van der Waals surface area contributed by atoms with Crippen LogP contribution in [-0.2, 0) is 6.42 Å². The number of halogens is 1. The smallest absolute Gasteiger partial charge is 0.0511 e. The van der Waals surface area contributed by atoms with Crippen LogP contribution in [0.4, 0.5) is 5.69 Å². The number of piperidine rings is 1. The molecule has 0 radical (unpaired) electrons. The van der Waals surface area contributed by atoms with Crippen molar-refractivity contribution in [3.63, 3.8) is 0 Å². The van der Waals surface area contributed by atoms with E-state index in [1.54, 1.807) is 0 Å². The minimum absolute atomic E-state index is 0.607. The Hall–Kier alpha value is -0.580. The zero-order chi connectivity index (χ0) is 13.8. The zero-order valence-corrected chi connectivity index (χ0v) is 13.5. The summed E-state index contributed by atoms with van der Waals surface area (Å²) >= 11 is 3.70. The molecule has 1 atom stereocenters. The second-order valence-corrected chi connectivity index (χ2v) is 6.35. The molecule has 1 aliphatic rings. The Morgan fingerprint density at radius 3 is 2.89 bits per heavy atom. The number of likely N-dealkylation sites (N-methyl/N-ethyl adjacent to an activating group) is 2. The largest absolute Gasteiger partial charge is 0.369 e. The Bertz CT molecular complexity index is 422. The van der Waals surface area contributed by atoms with Gasteiger partial charge < -0.3 is 15.5 Å². The van der Waals surface area contributed by atoms with Crippen LogP contribution in [0.25, 0.3) is 0 Å². The van der Waals surface area contributed by atoms with Gasteiger partial charge in [-0.3, -0.25) is 0 Å². The normalized spacial score (nSPS) is 20.5. The van der Waals surface area contributed by atoms with E-state index in [0.29, 0.717) is 12.6 Å². The molecule has 1 aromatic carbocycles. The third kappa shape index (κ3) is 3.71. The number of anilines is 1. The second kappa shape index (κ2) is 6.73. The molecule has 0 saturated carbocycles. The number of nitrogens with two attached hydrogens (primary N) is 1. The Kier molecular flexibility index (Phi) is 5.25. The maximum atomic E-state index is 5.61. The highest BCUT2D eigenvalue weighted by atomic mass is 79.9. The van der Waals surface area contributed by atoms with Gasteiger partial charge >= 0.3 is 0 Å². The van der Waals surface area contributed by atoms with E-state index in [2.05, 4.69) is 58.0 Å². The van der Waals surface area contributed by atoms with E-state index in [4.69, 9.17) is 5.73 Å². The van der Waals surface area contributed by atoms with Crippen LogP contribution in [0.2, 0.25) is 0 Å². The first-order valence-electron chi connectivity index (χ1n) is 7.01. The predicted octanol–water partition coefficient (Wildman–Crippen LogP) is 2.48. The van der Waals surface area contributed by atoms with E-state index in [1.807, 2.05) is 0 Å². The van der Waals surface area contributed by atoms with Crippen LogP contribution < -0.4 is 10.6 Å². The first-order valence-corrected chi connectivity index (χ1v) is 7.81. The molecule has 0 aliphatic carbocycles. The Labute approximate surface area is 124 Å². The van der Waals surface area contributed by atoms with Gasteiger partial charge in [-0.25, -0.2) is 0 Å². The maximum absolute atomic E-state index is 5.61. The summed E-state index contributed by atoms with van der Waals surface area (Å²) in [4.78, 5) is 4.83. The van der Waals surface area contributed by atoms with E-state index in [1.165, 1.54) is 35.1 Å². The minimum atomic E-state index is 0.607. The molecule has 1 unspecified atom stereocenters. The Balaban J connectivity index is 2.12. The van der Waals surface area contributed by atoms with E-state index < -0.39 is 0 Å². The highest BCUT2D eigenvalue weighted by Crippen LogP contribution is 2.29. The number of likely N-dealkylation sites (tertiary alicyclic amines) is 1. The van der Waals surface area contributed by atoms with Crippen molar-refractivity contribution in [2.24, 2.45) is 5.73 Å². The average Bonchev–Trinajstić information content (AvgIpc) is 2.38. The van der Waals surface area contributed by atoms with Crippen LogP contribution >= 0.6 is 15.9 Å². The molecule has 2 rings (SSSR count). The predicted molar refractivity (Wildman–Crippen MR) is 85.8 cm³/mol. The molecule has 2 N–H and O–H groups in total. The fourth-order valence-corrected chi connectivity index (χ4v) is 3.52. The third-order valence-corrected chi connectivity index (χ3v) is 4.61. The fourth-order valence-electron chi connectivity index (χ4n) is 2.81. The molecule has 1 fully saturated rings. The quantitative estimate of drug-likeness (QED) is 0.923. The summed E-state index contributed by atoms with van der Waals surface area (Å²) < 4.78 is 1.18. The molecule has 0 bridgehead atoms. The van der Waals surface area contributed by atoms with E-state index in [9.17, 15) is 0 Å². The summed E-state index contributed by atoms with van der Waals surface area (Å²) in [5.74, 6) is 0. The molecule has 1 saturated heterocycles. The van der Waals surface area contributed by atoms with Crippen molar-refractivity contribution in [1.29, 1.82) is 0 Å². The molecular formula is C15H24BrN3. The lowest BCUT2D eigenvalue weighted by molar-refractivity contribution is 0.248. The molecule has 1 aromatic rings. The summed E-state index contributed by atoms with van der Waals surface area (Å²) in [5, 5.41) is 0. The van der Waals surface area contributed by atoms with Crippen LogP contribution in [0.15, 0.2) is 22.7 Å². The summed E-state index contributed by atoms with van der Waals surface area (Å²) in [6.45, 7) is 3.07. The molecule has 4 heteroatoms. The van der Waals surface area contributed by atoms with Crippen LogP contribution in [0.1, 0.15) is 18.4 Å². The van der Waals surface area contributed by atoms with E-state index >= 15 is 0 Å². The SMILES string of the molecule is CN1CCCC(N(C)c2ccc(CCN)cc2Br)C1. The van der Waals surface area contributed by atoms with Crippen molar-refractivity contribution >= 4 is 21.6 Å². The lowest BCUT2D eigenvalue weighted by Gasteiger charge is -2.37. The molecule has 106 valence electrons. The van der Waals surface area contributed by atoms with Crippen molar-refractivity contribution in [2.45, 2.75) is 25.3 Å². The van der Waals surface area contributed by atoms with Crippen LogP contribution in [0, 0.1) is 0 Å². The van der Waals surface area contributed by atoms with Gasteiger partial charge in [-0.05, 0) is 73.0 Å². The average molecular weight is 326 g/mol.